The van der Waals surface area contributed by atoms with Crippen molar-refractivity contribution in [3.63, 3.8) is 0 Å². The molecule has 2 aromatic rings. The molecule has 3 nitrogen and oxygen atoms in total. The van der Waals surface area contributed by atoms with Crippen molar-refractivity contribution in [1.82, 2.24) is 4.90 Å². The van der Waals surface area contributed by atoms with Crippen LogP contribution in [0.25, 0.3) is 6.08 Å². The van der Waals surface area contributed by atoms with Crippen LogP contribution in [0.15, 0.2) is 57.9 Å². The van der Waals surface area contributed by atoms with Crippen LogP contribution < -0.4 is 0 Å². The normalized spacial score (nSPS) is 16.4. The van der Waals surface area contributed by atoms with E-state index in [-0.39, 0.29) is 11.1 Å². The van der Waals surface area contributed by atoms with Crippen molar-refractivity contribution >= 4 is 67.5 Å². The Labute approximate surface area is 160 Å². The fraction of sp³-hybridized carbons (Fsp3) is 0.0588. The van der Waals surface area contributed by atoms with E-state index in [0.717, 1.165) is 30.9 Å². The summed E-state index contributed by atoms with van der Waals surface area (Å²) < 4.78 is 2.06. The number of imide groups is 1. The van der Waals surface area contributed by atoms with Crippen molar-refractivity contribution in [1.29, 1.82) is 0 Å². The van der Waals surface area contributed by atoms with E-state index in [1.807, 2.05) is 48.5 Å². The van der Waals surface area contributed by atoms with Crippen LogP contribution in [-0.2, 0) is 11.3 Å². The van der Waals surface area contributed by atoms with Gasteiger partial charge in [0.25, 0.3) is 11.1 Å². The molecule has 0 radical (unpaired) electrons. The Morgan fingerprint density at radius 1 is 1.13 bits per heavy atom. The molecule has 0 saturated carbocycles. The lowest BCUT2D eigenvalue weighted by atomic mass is 10.2. The molecule has 0 spiro atoms. The smallest absolute Gasteiger partial charge is 0.268 e. The van der Waals surface area contributed by atoms with Gasteiger partial charge in [0.15, 0.2) is 0 Å². The number of carbonyl (C=O) groups is 2. The molecule has 1 fully saturated rings. The summed E-state index contributed by atoms with van der Waals surface area (Å²) in [5.74, 6) is -0.234. The van der Waals surface area contributed by atoms with Gasteiger partial charge < -0.3 is 0 Å². The Kier molecular flexibility index (Phi) is 5.23. The largest absolute Gasteiger partial charge is 0.293 e. The highest BCUT2D eigenvalue weighted by atomic mass is 127. The zero-order valence-corrected chi connectivity index (χ0v) is 16.4. The number of carbonyl (C=O) groups excluding carboxylic acids is 2. The quantitative estimate of drug-likeness (QED) is 0.425. The molecule has 0 aliphatic carbocycles. The molecule has 1 aliphatic heterocycles. The van der Waals surface area contributed by atoms with Gasteiger partial charge in [-0.3, -0.25) is 14.5 Å². The Balaban J connectivity index is 1.81. The monoisotopic (exact) mass is 499 g/mol. The lowest BCUT2D eigenvalue weighted by Gasteiger charge is -2.12. The van der Waals surface area contributed by atoms with Gasteiger partial charge in [-0.25, -0.2) is 0 Å². The molecule has 1 aliphatic rings. The summed E-state index contributed by atoms with van der Waals surface area (Å²) in [5.41, 5.74) is 1.84. The number of hydrogen-bond acceptors (Lipinski definition) is 3. The summed E-state index contributed by atoms with van der Waals surface area (Å²) >= 11 is 6.59. The van der Waals surface area contributed by atoms with E-state index in [1.165, 1.54) is 4.90 Å². The summed E-state index contributed by atoms with van der Waals surface area (Å²) in [6.45, 7) is 0.293. The van der Waals surface area contributed by atoms with Crippen molar-refractivity contribution in [2.45, 2.75) is 6.54 Å². The Hall–Kier alpha value is -1.12. The van der Waals surface area contributed by atoms with E-state index in [0.29, 0.717) is 11.4 Å². The van der Waals surface area contributed by atoms with Crippen LogP contribution in [0.3, 0.4) is 0 Å². The lowest BCUT2D eigenvalue weighted by molar-refractivity contribution is -0.123. The standard InChI is InChI=1S/C17H11BrINO2S/c18-13-6-4-11(5-7-13)10-20-16(21)15(23-17(20)22)9-12-2-1-3-14(19)8-12/h1-9H,10H2. The highest BCUT2D eigenvalue weighted by Crippen LogP contribution is 2.33. The predicted molar refractivity (Wildman–Crippen MR) is 105 cm³/mol. The van der Waals surface area contributed by atoms with Crippen molar-refractivity contribution in [3.8, 4) is 0 Å². The zero-order chi connectivity index (χ0) is 16.4. The SMILES string of the molecule is O=C1SC(=Cc2cccc(I)c2)C(=O)N1Cc1ccc(Br)cc1. The average Bonchev–Trinajstić information content (AvgIpc) is 2.77. The maximum atomic E-state index is 12.5. The molecule has 3 rings (SSSR count). The van der Waals surface area contributed by atoms with Gasteiger partial charge in [-0.2, -0.15) is 0 Å². The summed E-state index contributed by atoms with van der Waals surface area (Å²) in [6.07, 6.45) is 1.77. The molecule has 116 valence electrons. The van der Waals surface area contributed by atoms with E-state index >= 15 is 0 Å². The highest BCUT2D eigenvalue weighted by molar-refractivity contribution is 14.1. The van der Waals surface area contributed by atoms with Gasteiger partial charge in [-0.05, 0) is 75.8 Å². The summed E-state index contributed by atoms with van der Waals surface area (Å²) in [5, 5.41) is -0.227. The Bertz CT molecular complexity index is 804. The van der Waals surface area contributed by atoms with Gasteiger partial charge in [-0.1, -0.05) is 40.2 Å². The number of hydrogen-bond donors (Lipinski definition) is 0. The van der Waals surface area contributed by atoms with Crippen LogP contribution in [0.5, 0.6) is 0 Å². The molecule has 2 amide bonds. The van der Waals surface area contributed by atoms with Crippen LogP contribution in [0.2, 0.25) is 0 Å². The molecule has 2 aromatic carbocycles. The van der Waals surface area contributed by atoms with E-state index < -0.39 is 0 Å². The Morgan fingerprint density at radius 2 is 1.87 bits per heavy atom. The van der Waals surface area contributed by atoms with E-state index in [9.17, 15) is 9.59 Å². The third-order valence-corrected chi connectivity index (χ3v) is 5.38. The maximum Gasteiger partial charge on any atom is 0.293 e. The van der Waals surface area contributed by atoms with Gasteiger partial charge in [0, 0.05) is 8.04 Å². The first-order valence-corrected chi connectivity index (χ1v) is 9.47. The number of nitrogens with zero attached hydrogens (tertiary/aromatic N) is 1. The van der Waals surface area contributed by atoms with Gasteiger partial charge in [0.1, 0.15) is 0 Å². The third kappa shape index (κ3) is 4.05. The van der Waals surface area contributed by atoms with Gasteiger partial charge in [0.2, 0.25) is 0 Å². The minimum Gasteiger partial charge on any atom is -0.268 e. The summed E-state index contributed by atoms with van der Waals surface area (Å²) in [7, 11) is 0. The van der Waals surface area contributed by atoms with Crippen molar-refractivity contribution < 1.29 is 9.59 Å². The van der Waals surface area contributed by atoms with Crippen LogP contribution in [0.4, 0.5) is 4.79 Å². The lowest BCUT2D eigenvalue weighted by Crippen LogP contribution is -2.27. The number of benzene rings is 2. The first kappa shape index (κ1) is 16.7. The molecule has 23 heavy (non-hydrogen) atoms. The zero-order valence-electron chi connectivity index (χ0n) is 11.8. The number of rotatable bonds is 3. The Morgan fingerprint density at radius 3 is 2.57 bits per heavy atom. The molecule has 1 heterocycles. The maximum absolute atomic E-state index is 12.5. The van der Waals surface area contributed by atoms with Gasteiger partial charge >= 0.3 is 0 Å². The third-order valence-electron chi connectivity index (χ3n) is 3.27. The molecule has 0 unspecified atom stereocenters. The minimum atomic E-state index is -0.234. The van der Waals surface area contributed by atoms with Crippen LogP contribution in [0, 0.1) is 3.57 Å². The van der Waals surface area contributed by atoms with E-state index in [1.54, 1.807) is 6.08 Å². The van der Waals surface area contributed by atoms with Crippen molar-refractivity contribution in [2.75, 3.05) is 0 Å². The highest BCUT2D eigenvalue weighted by Gasteiger charge is 2.34. The van der Waals surface area contributed by atoms with Crippen LogP contribution in [-0.4, -0.2) is 16.0 Å². The summed E-state index contributed by atoms with van der Waals surface area (Å²) in [6, 6.07) is 15.4. The van der Waals surface area contributed by atoms with Crippen LogP contribution >= 0.6 is 50.3 Å². The van der Waals surface area contributed by atoms with Gasteiger partial charge in [0.05, 0.1) is 11.4 Å². The molecule has 0 bridgehead atoms. The number of amides is 2. The fourth-order valence-corrected chi connectivity index (χ4v) is 3.83. The van der Waals surface area contributed by atoms with Crippen molar-refractivity contribution in [2.24, 2.45) is 0 Å². The van der Waals surface area contributed by atoms with E-state index in [4.69, 9.17) is 0 Å². The van der Waals surface area contributed by atoms with E-state index in [2.05, 4.69) is 38.5 Å². The second kappa shape index (κ2) is 7.19. The molecule has 0 aromatic heterocycles. The molecular weight excluding hydrogens is 489 g/mol. The second-order valence-corrected chi connectivity index (χ2v) is 8.10. The average molecular weight is 500 g/mol. The predicted octanol–water partition coefficient (Wildman–Crippen LogP) is 5.29. The molecule has 0 atom stereocenters. The fourth-order valence-electron chi connectivity index (χ4n) is 2.16. The molecular formula is C17H11BrINO2S. The number of halogens is 2. The van der Waals surface area contributed by atoms with Crippen molar-refractivity contribution in [3.05, 3.63) is 72.6 Å². The first-order valence-electron chi connectivity index (χ1n) is 6.78. The first-order chi connectivity index (χ1) is 11.0. The molecule has 1 saturated heterocycles. The second-order valence-electron chi connectivity index (χ2n) is 4.95. The molecule has 6 heteroatoms. The topological polar surface area (TPSA) is 37.4 Å². The summed E-state index contributed by atoms with van der Waals surface area (Å²) in [4.78, 5) is 26.4. The van der Waals surface area contributed by atoms with Crippen LogP contribution in [0.1, 0.15) is 11.1 Å². The van der Waals surface area contributed by atoms with Gasteiger partial charge in [-0.15, -0.1) is 0 Å². The minimum absolute atomic E-state index is 0.227. The molecule has 0 N–H and O–H groups in total. The number of thioether (sulfide) groups is 1.